The molecule has 0 bridgehead atoms. The lowest BCUT2D eigenvalue weighted by Gasteiger charge is -2.38. The number of nitrogens with two attached hydrogens (primary N) is 1. The van der Waals surface area contributed by atoms with Gasteiger partial charge in [0, 0.05) is 33.2 Å². The minimum Gasteiger partial charge on any atom is -0.382 e. The maximum Gasteiger partial charge on any atom is 0.150 e. The molecule has 0 saturated carbocycles. The summed E-state index contributed by atoms with van der Waals surface area (Å²) in [5.74, 6) is 0.651. The molecule has 0 atom stereocenters. The number of anilines is 3. The number of fused-ring (bicyclic) bond motifs is 3. The second-order valence-corrected chi connectivity index (χ2v) is 8.59. The van der Waals surface area contributed by atoms with Crippen molar-refractivity contribution in [2.75, 3.05) is 62.0 Å². The summed E-state index contributed by atoms with van der Waals surface area (Å²) in [4.78, 5) is 11.8. The highest BCUT2D eigenvalue weighted by Gasteiger charge is 2.30. The molecule has 2 aromatic heterocycles. The van der Waals surface area contributed by atoms with Gasteiger partial charge in [-0.25, -0.2) is 4.98 Å². The Labute approximate surface area is 153 Å². The Bertz CT molecular complexity index is 774. The van der Waals surface area contributed by atoms with Crippen molar-refractivity contribution in [1.29, 1.82) is 0 Å². The Kier molecular flexibility index (Phi) is 4.25. The van der Waals surface area contributed by atoms with Gasteiger partial charge in [-0.3, -0.25) is 4.90 Å². The van der Waals surface area contributed by atoms with Crippen LogP contribution in [0.3, 0.4) is 0 Å². The van der Waals surface area contributed by atoms with Crippen LogP contribution in [0.2, 0.25) is 0 Å². The van der Waals surface area contributed by atoms with Gasteiger partial charge >= 0.3 is 0 Å². The van der Waals surface area contributed by atoms with Crippen LogP contribution >= 0.6 is 11.3 Å². The monoisotopic (exact) mass is 361 g/mol. The van der Waals surface area contributed by atoms with E-state index in [1.54, 1.807) is 11.3 Å². The Hall–Kier alpha value is -1.57. The Morgan fingerprint density at radius 3 is 2.96 bits per heavy atom. The van der Waals surface area contributed by atoms with Crippen LogP contribution in [0.25, 0.3) is 10.2 Å². The van der Waals surface area contributed by atoms with Crippen molar-refractivity contribution in [1.82, 2.24) is 9.88 Å². The van der Waals surface area contributed by atoms with Gasteiger partial charge < -0.3 is 20.3 Å². The van der Waals surface area contributed by atoms with Gasteiger partial charge in [-0.05, 0) is 31.7 Å². The summed E-state index contributed by atoms with van der Waals surface area (Å²) in [6.07, 6.45) is 1.12. The normalized spacial score (nSPS) is 20.4. The van der Waals surface area contributed by atoms with Gasteiger partial charge in [0.2, 0.25) is 0 Å². The topological polar surface area (TPSA) is 57.9 Å². The van der Waals surface area contributed by atoms with E-state index in [9.17, 15) is 0 Å². The molecule has 1 saturated heterocycles. The number of nitrogen functional groups attached to an aromatic ring is 1. The Morgan fingerprint density at radius 1 is 1.32 bits per heavy atom. The zero-order chi connectivity index (χ0) is 17.6. The molecule has 0 amide bonds. The molecule has 0 radical (unpaired) electrons. The number of pyridine rings is 1. The molecular formula is C18H27N5OS. The molecular weight excluding hydrogens is 334 g/mol. The van der Waals surface area contributed by atoms with Crippen molar-refractivity contribution in [3.8, 4) is 0 Å². The van der Waals surface area contributed by atoms with Gasteiger partial charge in [-0.2, -0.15) is 0 Å². The van der Waals surface area contributed by atoms with Crippen molar-refractivity contribution in [3.63, 3.8) is 0 Å². The molecule has 2 aliphatic rings. The van der Waals surface area contributed by atoms with Gasteiger partial charge in [-0.15, -0.1) is 11.3 Å². The highest BCUT2D eigenvalue weighted by molar-refractivity contribution is 7.17. The molecule has 1 fully saturated rings. The molecule has 2 aliphatic heterocycles. The highest BCUT2D eigenvalue weighted by Crippen LogP contribution is 2.45. The average molecular weight is 362 g/mol. The zero-order valence-electron chi connectivity index (χ0n) is 15.3. The number of nitrogens with zero attached hydrogens (tertiary/aromatic N) is 4. The summed E-state index contributed by atoms with van der Waals surface area (Å²) in [6, 6.07) is 2.05. The van der Waals surface area contributed by atoms with Crippen LogP contribution in [0.15, 0.2) is 11.4 Å². The van der Waals surface area contributed by atoms with Gasteiger partial charge in [0.1, 0.15) is 11.5 Å². The highest BCUT2D eigenvalue weighted by atomic mass is 32.1. The maximum atomic E-state index is 6.30. The number of aromatic nitrogens is 1. The molecule has 0 spiro atoms. The van der Waals surface area contributed by atoms with Crippen LogP contribution in [0.1, 0.15) is 20.3 Å². The van der Waals surface area contributed by atoms with E-state index in [0.717, 1.165) is 57.1 Å². The quantitative estimate of drug-likeness (QED) is 0.903. The molecule has 0 aromatic carbocycles. The molecule has 0 unspecified atom stereocenters. The third kappa shape index (κ3) is 3.16. The molecule has 2 N–H and O–H groups in total. The van der Waals surface area contributed by atoms with E-state index in [4.69, 9.17) is 10.5 Å². The van der Waals surface area contributed by atoms with Gasteiger partial charge in [0.25, 0.3) is 0 Å². The largest absolute Gasteiger partial charge is 0.382 e. The fraction of sp³-hybridized carbons (Fsp3) is 0.611. The number of thiophene rings is 1. The standard InChI is InChI=1S/C18H27N5OS/c1-18(2)11-22(8-9-24-18)6-4-7-23-12-21(3)14-15(23)17(19)20-13-5-10-25-16(13)14/h5,10H,4,6-9,11-12H2,1-3H3,(H2,19,20). The summed E-state index contributed by atoms with van der Waals surface area (Å²) in [7, 11) is 2.14. The summed E-state index contributed by atoms with van der Waals surface area (Å²) < 4.78 is 7.04. The zero-order valence-corrected chi connectivity index (χ0v) is 16.1. The fourth-order valence-electron chi connectivity index (χ4n) is 4.02. The fourth-order valence-corrected chi connectivity index (χ4v) is 4.95. The van der Waals surface area contributed by atoms with E-state index in [2.05, 4.69) is 46.0 Å². The molecule has 2 aromatic rings. The first-order chi connectivity index (χ1) is 11.9. The van der Waals surface area contributed by atoms with Gasteiger partial charge in [0.05, 0.1) is 34.8 Å². The molecule has 136 valence electrons. The molecule has 7 heteroatoms. The van der Waals surface area contributed by atoms with Crippen LogP contribution in [0.5, 0.6) is 0 Å². The van der Waals surface area contributed by atoms with Crippen molar-refractivity contribution >= 4 is 38.7 Å². The van der Waals surface area contributed by atoms with Crippen molar-refractivity contribution in [2.24, 2.45) is 0 Å². The summed E-state index contributed by atoms with van der Waals surface area (Å²) in [5.41, 5.74) is 9.62. The molecule has 4 rings (SSSR count). The minimum atomic E-state index is -0.0299. The number of hydrogen-bond acceptors (Lipinski definition) is 7. The third-order valence-corrected chi connectivity index (χ3v) is 5.97. The number of hydrogen-bond donors (Lipinski definition) is 1. The third-order valence-electron chi connectivity index (χ3n) is 5.06. The molecule has 25 heavy (non-hydrogen) atoms. The van der Waals surface area contributed by atoms with Crippen LogP contribution in [-0.2, 0) is 4.74 Å². The summed E-state index contributed by atoms with van der Waals surface area (Å²) >= 11 is 1.74. The van der Waals surface area contributed by atoms with Crippen molar-refractivity contribution < 1.29 is 4.74 Å². The van der Waals surface area contributed by atoms with Gasteiger partial charge in [-0.1, -0.05) is 0 Å². The molecule has 0 aliphatic carbocycles. The predicted octanol–water partition coefficient (Wildman–Crippen LogP) is 2.59. The van der Waals surface area contributed by atoms with Crippen LogP contribution in [-0.4, -0.2) is 62.0 Å². The first-order valence-electron chi connectivity index (χ1n) is 8.94. The van der Waals surface area contributed by atoms with E-state index in [1.807, 2.05) is 6.07 Å². The van der Waals surface area contributed by atoms with E-state index in [1.165, 1.54) is 10.4 Å². The maximum absolute atomic E-state index is 6.30. The SMILES string of the molecule is CN1CN(CCCN2CCOC(C)(C)C2)c2c(N)nc3ccsc3c21. The van der Waals surface area contributed by atoms with E-state index >= 15 is 0 Å². The van der Waals surface area contributed by atoms with Crippen molar-refractivity contribution in [3.05, 3.63) is 11.4 Å². The lowest BCUT2D eigenvalue weighted by Crippen LogP contribution is -2.48. The Balaban J connectivity index is 1.45. The van der Waals surface area contributed by atoms with E-state index in [-0.39, 0.29) is 5.60 Å². The number of rotatable bonds is 4. The summed E-state index contributed by atoms with van der Waals surface area (Å²) in [5, 5.41) is 2.09. The molecule has 4 heterocycles. The second-order valence-electron chi connectivity index (χ2n) is 7.67. The first kappa shape index (κ1) is 16.9. The molecule has 6 nitrogen and oxygen atoms in total. The summed E-state index contributed by atoms with van der Waals surface area (Å²) in [6.45, 7) is 10.2. The predicted molar refractivity (Wildman–Crippen MR) is 106 cm³/mol. The van der Waals surface area contributed by atoms with Crippen LogP contribution < -0.4 is 15.5 Å². The number of ether oxygens (including phenoxy) is 1. The van der Waals surface area contributed by atoms with Crippen LogP contribution in [0, 0.1) is 0 Å². The van der Waals surface area contributed by atoms with E-state index in [0.29, 0.717) is 5.82 Å². The van der Waals surface area contributed by atoms with Gasteiger partial charge in [0.15, 0.2) is 0 Å². The van der Waals surface area contributed by atoms with Crippen molar-refractivity contribution in [2.45, 2.75) is 25.9 Å². The lowest BCUT2D eigenvalue weighted by atomic mass is 10.1. The second kappa shape index (κ2) is 6.30. The minimum absolute atomic E-state index is 0.0299. The first-order valence-corrected chi connectivity index (χ1v) is 9.82. The van der Waals surface area contributed by atoms with Crippen LogP contribution in [0.4, 0.5) is 17.2 Å². The Morgan fingerprint density at radius 2 is 2.16 bits per heavy atom. The number of morpholine rings is 1. The lowest BCUT2D eigenvalue weighted by molar-refractivity contribution is -0.0858. The average Bonchev–Trinajstić information content (AvgIpc) is 3.11. The smallest absolute Gasteiger partial charge is 0.150 e. The van der Waals surface area contributed by atoms with E-state index < -0.39 is 0 Å².